The summed E-state index contributed by atoms with van der Waals surface area (Å²) < 4.78 is 2.73. The molecule has 0 fully saturated rings. The fourth-order valence-corrected chi connectivity index (χ4v) is 10.6. The molecule has 59 heavy (non-hydrogen) atoms. The Hall–Kier alpha value is -6.26. The van der Waals surface area contributed by atoms with Gasteiger partial charge in [-0.3, -0.25) is 0 Å². The summed E-state index contributed by atoms with van der Waals surface area (Å²) in [5.41, 5.74) is 20.5. The van der Waals surface area contributed by atoms with E-state index in [0.717, 1.165) is 11.4 Å². The molecule has 0 unspecified atom stereocenters. The molecular weight excluding hydrogens is 713 g/mol. The average molecular weight is 764 g/mol. The summed E-state index contributed by atoms with van der Waals surface area (Å²) in [5.74, 6) is 0. The number of fused-ring (bicyclic) bond motifs is 8. The highest BCUT2D eigenvalue weighted by molar-refractivity contribution is 6.93. The number of anilines is 5. The zero-order valence-corrected chi connectivity index (χ0v) is 35.4. The van der Waals surface area contributed by atoms with Gasteiger partial charge in [0.15, 0.2) is 0 Å². The minimum absolute atomic E-state index is 0.0379. The van der Waals surface area contributed by atoms with Crippen LogP contribution in [-0.4, -0.2) is 11.3 Å². The topological polar surface area (TPSA) is 11.4 Å². The molecule has 288 valence electrons. The van der Waals surface area contributed by atoms with Gasteiger partial charge in [0.25, 0.3) is 0 Å². The minimum Gasteiger partial charge on any atom is -0.375 e. The summed E-state index contributed by atoms with van der Waals surface area (Å²) in [6.07, 6.45) is 0. The Labute approximate surface area is 349 Å². The first-order valence-corrected chi connectivity index (χ1v) is 21.2. The molecule has 0 bridgehead atoms. The Balaban J connectivity index is 1.30. The number of para-hydroxylation sites is 3. The summed E-state index contributed by atoms with van der Waals surface area (Å²) in [4.78, 5) is 5.10. The predicted octanol–water partition coefficient (Wildman–Crippen LogP) is 14.0. The highest BCUT2D eigenvalue weighted by Gasteiger charge is 2.52. The molecule has 0 saturated carbocycles. The third kappa shape index (κ3) is 5.08. The summed E-state index contributed by atoms with van der Waals surface area (Å²) in [6, 6.07) is 59.4. The highest BCUT2D eigenvalue weighted by atomic mass is 15.2. The fraction of sp³-hybridized carbons (Fsp3) is 0.200. The van der Waals surface area contributed by atoms with Crippen LogP contribution >= 0.6 is 0 Å². The van der Waals surface area contributed by atoms with E-state index in [0.29, 0.717) is 0 Å². The molecular formula is C55H50BN3. The zero-order chi connectivity index (χ0) is 40.6. The third-order valence-electron chi connectivity index (χ3n) is 13.4. The van der Waals surface area contributed by atoms with Crippen molar-refractivity contribution in [3.8, 4) is 11.1 Å². The van der Waals surface area contributed by atoms with Gasteiger partial charge in [-0.1, -0.05) is 159 Å². The predicted molar refractivity (Wildman–Crippen MR) is 253 cm³/mol. The van der Waals surface area contributed by atoms with E-state index in [9.17, 15) is 0 Å². The van der Waals surface area contributed by atoms with Crippen molar-refractivity contribution in [1.82, 2.24) is 4.48 Å². The van der Waals surface area contributed by atoms with Crippen LogP contribution in [0.2, 0.25) is 0 Å². The number of aromatic nitrogens is 1. The Morgan fingerprint density at radius 2 is 1.17 bits per heavy atom. The lowest BCUT2D eigenvalue weighted by atomic mass is 9.43. The lowest BCUT2D eigenvalue weighted by Gasteiger charge is -2.44. The number of hydrogen-bond acceptors (Lipinski definition) is 2. The van der Waals surface area contributed by atoms with Crippen LogP contribution in [0.4, 0.5) is 28.4 Å². The van der Waals surface area contributed by atoms with Gasteiger partial charge in [0.2, 0.25) is 0 Å². The second kappa shape index (κ2) is 12.4. The maximum Gasteiger partial charge on any atom is 0.333 e. The molecule has 8 aromatic rings. The summed E-state index contributed by atoms with van der Waals surface area (Å²) in [6.45, 7) is 18.8. The molecule has 4 heteroatoms. The van der Waals surface area contributed by atoms with Crippen molar-refractivity contribution in [1.29, 1.82) is 0 Å². The number of hydrogen-bond donors (Lipinski definition) is 0. The first-order valence-electron chi connectivity index (χ1n) is 21.2. The van der Waals surface area contributed by atoms with Crippen molar-refractivity contribution < 1.29 is 0 Å². The van der Waals surface area contributed by atoms with Crippen molar-refractivity contribution >= 4 is 68.0 Å². The molecule has 0 spiro atoms. The largest absolute Gasteiger partial charge is 0.375 e. The maximum atomic E-state index is 2.73. The second-order valence-corrected chi connectivity index (χ2v) is 19.4. The lowest BCUT2D eigenvalue weighted by molar-refractivity contribution is 0.589. The van der Waals surface area contributed by atoms with E-state index >= 15 is 0 Å². The van der Waals surface area contributed by atoms with E-state index in [1.165, 1.54) is 88.9 Å². The Morgan fingerprint density at radius 1 is 0.559 bits per heavy atom. The third-order valence-corrected chi connectivity index (χ3v) is 13.4. The summed E-state index contributed by atoms with van der Waals surface area (Å²) in [5, 5.41) is 2.56. The van der Waals surface area contributed by atoms with E-state index < -0.39 is 0 Å². The highest BCUT2D eigenvalue weighted by Crippen LogP contribution is 2.58. The van der Waals surface area contributed by atoms with E-state index in [1.54, 1.807) is 0 Å². The Bertz CT molecular complexity index is 2990. The molecule has 7 aromatic carbocycles. The standard InChI is InChI=1S/C55H50BN3/c1-53(2,3)35-27-29-39(30-28-35)58-47-34-36(54(4,5)6)33-43-40-31-32-46(57(37-19-11-9-12-20-37)38-21-13-10-14-22-38)48-42-24-16-18-26-45(42)59(51(40)48)56(49(43)47)50-41-23-15-17-25-44(41)55(7,8)52(50)58/h9-34H,1-8H3. The van der Waals surface area contributed by atoms with Crippen LogP contribution in [0, 0.1) is 0 Å². The van der Waals surface area contributed by atoms with Crippen LogP contribution in [0.5, 0.6) is 0 Å². The van der Waals surface area contributed by atoms with Crippen molar-refractivity contribution in [2.75, 3.05) is 9.80 Å². The van der Waals surface area contributed by atoms with Gasteiger partial charge in [-0.15, -0.1) is 0 Å². The number of rotatable bonds is 4. The van der Waals surface area contributed by atoms with Gasteiger partial charge in [0, 0.05) is 61.2 Å². The van der Waals surface area contributed by atoms with Crippen molar-refractivity contribution in [3.05, 3.63) is 186 Å². The summed E-state index contributed by atoms with van der Waals surface area (Å²) >= 11 is 0. The smallest absolute Gasteiger partial charge is 0.333 e. The molecule has 0 saturated heterocycles. The van der Waals surface area contributed by atoms with Gasteiger partial charge in [-0.05, 0) is 104 Å². The molecule has 3 nitrogen and oxygen atoms in total. The van der Waals surface area contributed by atoms with Gasteiger partial charge >= 0.3 is 6.85 Å². The lowest BCUT2D eigenvalue weighted by Crippen LogP contribution is -2.50. The van der Waals surface area contributed by atoms with Gasteiger partial charge in [-0.25, -0.2) is 0 Å². The number of nitrogens with zero attached hydrogens (tertiary/aromatic N) is 3. The Morgan fingerprint density at radius 3 is 1.83 bits per heavy atom. The van der Waals surface area contributed by atoms with E-state index in [4.69, 9.17) is 0 Å². The molecule has 3 aliphatic rings. The van der Waals surface area contributed by atoms with Crippen LogP contribution in [0.25, 0.3) is 38.4 Å². The monoisotopic (exact) mass is 763 g/mol. The van der Waals surface area contributed by atoms with Crippen molar-refractivity contribution in [2.45, 2.75) is 71.6 Å². The van der Waals surface area contributed by atoms with Crippen LogP contribution < -0.4 is 15.3 Å². The normalized spacial score (nSPS) is 15.1. The number of benzene rings is 7. The van der Waals surface area contributed by atoms with Crippen LogP contribution in [-0.2, 0) is 16.2 Å². The molecule has 0 N–H and O–H groups in total. The fourth-order valence-electron chi connectivity index (χ4n) is 10.6. The quantitative estimate of drug-likeness (QED) is 0.165. The minimum atomic E-state index is -0.258. The first kappa shape index (κ1) is 35.9. The molecule has 0 atom stereocenters. The van der Waals surface area contributed by atoms with Gasteiger partial charge < -0.3 is 14.3 Å². The molecule has 11 rings (SSSR count). The second-order valence-electron chi connectivity index (χ2n) is 19.4. The maximum absolute atomic E-state index is 2.73. The molecule has 1 aromatic heterocycles. The van der Waals surface area contributed by atoms with Crippen LogP contribution in [0.15, 0.2) is 163 Å². The first-order chi connectivity index (χ1) is 28.3. The molecule has 2 aliphatic heterocycles. The Kier molecular flexibility index (Phi) is 7.53. The van der Waals surface area contributed by atoms with Crippen LogP contribution in [0.3, 0.4) is 0 Å². The van der Waals surface area contributed by atoms with Gasteiger partial charge in [-0.2, -0.15) is 0 Å². The van der Waals surface area contributed by atoms with Crippen LogP contribution in [0.1, 0.15) is 77.6 Å². The molecule has 1 aliphatic carbocycles. The van der Waals surface area contributed by atoms with Gasteiger partial charge in [0.1, 0.15) is 0 Å². The van der Waals surface area contributed by atoms with Crippen molar-refractivity contribution in [2.24, 2.45) is 0 Å². The van der Waals surface area contributed by atoms with Gasteiger partial charge in [0.05, 0.1) is 5.69 Å². The van der Waals surface area contributed by atoms with Crippen molar-refractivity contribution in [3.63, 3.8) is 0 Å². The number of allylic oxidation sites excluding steroid dienone is 1. The average Bonchev–Trinajstić information content (AvgIpc) is 3.70. The molecule has 0 amide bonds. The van der Waals surface area contributed by atoms with E-state index in [-0.39, 0.29) is 23.1 Å². The van der Waals surface area contributed by atoms with E-state index in [2.05, 4.69) is 227 Å². The molecule has 3 heterocycles. The SMILES string of the molecule is CC(C)(C)c1ccc(N2C3=C(B4c5c(cc(C(C)(C)C)cc52)-c2ccc(N(c5ccccc5)c5ccccc5)c5c6ccccc6n4c25)c2ccccc2C3(C)C)cc1. The van der Waals surface area contributed by atoms with E-state index in [1.807, 2.05) is 0 Å². The summed E-state index contributed by atoms with van der Waals surface area (Å²) in [7, 11) is 0. The zero-order valence-electron chi connectivity index (χ0n) is 35.4. The molecule has 0 radical (unpaired) electrons.